The molecule has 0 amide bonds. The highest BCUT2D eigenvalue weighted by Gasteiger charge is 2.36. The Balaban J connectivity index is 1.47. The summed E-state index contributed by atoms with van der Waals surface area (Å²) in [6.45, 7) is 6.61. The smallest absolute Gasteiger partial charge is 0.200 e. The zero-order valence-corrected chi connectivity index (χ0v) is 21.5. The van der Waals surface area contributed by atoms with Crippen LogP contribution in [0.4, 0.5) is 0 Å². The molecule has 0 atom stereocenters. The molecular weight excluding hydrogens is 466 g/mol. The number of para-hydroxylation sites is 2. The highest BCUT2D eigenvalue weighted by molar-refractivity contribution is 6.11. The van der Waals surface area contributed by atoms with Crippen molar-refractivity contribution >= 4 is 43.7 Å². The first-order chi connectivity index (χ1) is 18.4. The van der Waals surface area contributed by atoms with Crippen LogP contribution in [-0.2, 0) is 5.41 Å². The molecule has 7 aromatic rings. The Morgan fingerprint density at radius 3 is 2.34 bits per heavy atom. The van der Waals surface area contributed by atoms with Crippen molar-refractivity contribution in [3.8, 4) is 16.8 Å². The van der Waals surface area contributed by atoms with Crippen molar-refractivity contribution < 1.29 is 4.42 Å². The van der Waals surface area contributed by atoms with Gasteiger partial charge in [-0.25, -0.2) is 0 Å². The summed E-state index contributed by atoms with van der Waals surface area (Å²) in [4.78, 5) is 13.3. The first kappa shape index (κ1) is 21.5. The van der Waals surface area contributed by atoms with Gasteiger partial charge in [-0.15, -0.1) is 0 Å². The van der Waals surface area contributed by atoms with Gasteiger partial charge >= 0.3 is 0 Å². The molecular formula is C35H25NO2. The summed E-state index contributed by atoms with van der Waals surface area (Å²) in [5.74, 6) is 0. The number of aryl methyl sites for hydroxylation is 1. The van der Waals surface area contributed by atoms with Gasteiger partial charge in [0.25, 0.3) is 0 Å². The molecule has 0 spiro atoms. The second kappa shape index (κ2) is 7.23. The monoisotopic (exact) mass is 491 g/mol. The lowest BCUT2D eigenvalue weighted by molar-refractivity contribution is 0.656. The summed E-state index contributed by atoms with van der Waals surface area (Å²) in [6, 6.07) is 33.8. The average Bonchev–Trinajstić information content (AvgIpc) is 3.37. The van der Waals surface area contributed by atoms with Crippen molar-refractivity contribution in [3.05, 3.63) is 124 Å². The van der Waals surface area contributed by atoms with Crippen molar-refractivity contribution in [2.24, 2.45) is 0 Å². The molecule has 0 radical (unpaired) electrons. The number of rotatable bonds is 1. The van der Waals surface area contributed by atoms with Crippen molar-refractivity contribution in [2.45, 2.75) is 26.2 Å². The molecule has 8 rings (SSSR count). The quantitative estimate of drug-likeness (QED) is 0.215. The molecule has 3 nitrogen and oxygen atoms in total. The highest BCUT2D eigenvalue weighted by Crippen LogP contribution is 2.50. The van der Waals surface area contributed by atoms with Crippen molar-refractivity contribution in [1.82, 2.24) is 4.57 Å². The van der Waals surface area contributed by atoms with Crippen LogP contribution in [0, 0.1) is 6.92 Å². The standard InChI is InChI=1S/C35H25NO2/c1-20-9-8-12-25-33(37)24-16-15-21(17-32(24)38-34(20)25)36-30-14-7-5-11-23(30)27-18-26-22-10-4-6-13-28(22)35(2,3)29(26)19-31(27)36/h4-19H,1-3H3. The summed E-state index contributed by atoms with van der Waals surface area (Å²) in [6.07, 6.45) is 0. The maximum Gasteiger partial charge on any atom is 0.200 e. The van der Waals surface area contributed by atoms with Crippen LogP contribution in [0.25, 0.3) is 60.6 Å². The molecule has 0 aliphatic heterocycles. The molecule has 3 heteroatoms. The van der Waals surface area contributed by atoms with E-state index >= 15 is 0 Å². The van der Waals surface area contributed by atoms with Gasteiger partial charge in [-0.05, 0) is 71.1 Å². The topological polar surface area (TPSA) is 35.1 Å². The van der Waals surface area contributed by atoms with Gasteiger partial charge in [0.15, 0.2) is 0 Å². The van der Waals surface area contributed by atoms with Gasteiger partial charge < -0.3 is 8.98 Å². The zero-order chi connectivity index (χ0) is 25.8. The van der Waals surface area contributed by atoms with Crippen molar-refractivity contribution in [3.63, 3.8) is 0 Å². The number of nitrogens with zero attached hydrogens (tertiary/aromatic N) is 1. The van der Waals surface area contributed by atoms with Crippen LogP contribution in [0.5, 0.6) is 0 Å². The second-order valence-corrected chi connectivity index (χ2v) is 11.0. The Labute approximate surface area is 219 Å². The Morgan fingerprint density at radius 1 is 0.658 bits per heavy atom. The minimum Gasteiger partial charge on any atom is -0.455 e. The summed E-state index contributed by atoms with van der Waals surface area (Å²) < 4.78 is 8.67. The molecule has 182 valence electrons. The van der Waals surface area contributed by atoms with Gasteiger partial charge in [0, 0.05) is 27.9 Å². The van der Waals surface area contributed by atoms with Crippen LogP contribution < -0.4 is 5.43 Å². The number of fused-ring (bicyclic) bond motifs is 8. The first-order valence-corrected chi connectivity index (χ1v) is 13.1. The first-order valence-electron chi connectivity index (χ1n) is 13.1. The molecule has 0 saturated carbocycles. The van der Waals surface area contributed by atoms with E-state index < -0.39 is 0 Å². The molecule has 38 heavy (non-hydrogen) atoms. The minimum absolute atomic E-state index is 0.0102. The predicted octanol–water partition coefficient (Wildman–Crippen LogP) is 8.66. The summed E-state index contributed by atoms with van der Waals surface area (Å²) >= 11 is 0. The molecule has 0 bridgehead atoms. The van der Waals surface area contributed by atoms with Gasteiger partial charge in [0.1, 0.15) is 11.2 Å². The number of hydrogen-bond acceptors (Lipinski definition) is 2. The second-order valence-electron chi connectivity index (χ2n) is 11.0. The fourth-order valence-corrected chi connectivity index (χ4v) is 6.59. The van der Waals surface area contributed by atoms with Gasteiger partial charge in [-0.1, -0.05) is 68.4 Å². The molecule has 0 unspecified atom stereocenters. The van der Waals surface area contributed by atoms with E-state index in [4.69, 9.17) is 4.42 Å². The molecule has 0 saturated heterocycles. The van der Waals surface area contributed by atoms with Gasteiger partial charge in [0.2, 0.25) is 5.43 Å². The summed E-state index contributed by atoms with van der Waals surface area (Å²) in [7, 11) is 0. The van der Waals surface area contributed by atoms with Crippen LogP contribution in [-0.4, -0.2) is 4.57 Å². The molecule has 2 aromatic heterocycles. The van der Waals surface area contributed by atoms with E-state index in [9.17, 15) is 4.79 Å². The van der Waals surface area contributed by atoms with Crippen LogP contribution in [0.2, 0.25) is 0 Å². The fraction of sp³-hybridized carbons (Fsp3) is 0.114. The molecule has 0 N–H and O–H groups in total. The van der Waals surface area contributed by atoms with Gasteiger partial charge in [-0.2, -0.15) is 0 Å². The number of benzene rings is 5. The minimum atomic E-state index is -0.0893. The van der Waals surface area contributed by atoms with E-state index in [1.165, 1.54) is 33.0 Å². The predicted molar refractivity (Wildman–Crippen MR) is 157 cm³/mol. The molecule has 1 aliphatic carbocycles. The lowest BCUT2D eigenvalue weighted by Gasteiger charge is -2.21. The normalized spacial score (nSPS) is 14.0. The Hall–Kier alpha value is -4.63. The molecule has 0 fully saturated rings. The van der Waals surface area contributed by atoms with E-state index in [1.54, 1.807) is 0 Å². The average molecular weight is 492 g/mol. The lowest BCUT2D eigenvalue weighted by Crippen LogP contribution is -2.15. The Kier molecular flexibility index (Phi) is 4.08. The maximum atomic E-state index is 13.3. The largest absolute Gasteiger partial charge is 0.455 e. The molecule has 2 heterocycles. The third-order valence-corrected chi connectivity index (χ3v) is 8.51. The van der Waals surface area contributed by atoms with Gasteiger partial charge in [0.05, 0.1) is 21.8 Å². The summed E-state index contributed by atoms with van der Waals surface area (Å²) in [5, 5.41) is 3.66. The van der Waals surface area contributed by atoms with E-state index in [0.717, 1.165) is 22.3 Å². The van der Waals surface area contributed by atoms with Gasteiger partial charge in [-0.3, -0.25) is 4.79 Å². The van der Waals surface area contributed by atoms with Crippen molar-refractivity contribution in [1.29, 1.82) is 0 Å². The van der Waals surface area contributed by atoms with Crippen LogP contribution in [0.3, 0.4) is 0 Å². The van der Waals surface area contributed by atoms with Crippen LogP contribution >= 0.6 is 0 Å². The lowest BCUT2D eigenvalue weighted by atomic mass is 9.82. The molecule has 5 aromatic carbocycles. The van der Waals surface area contributed by atoms with Crippen LogP contribution in [0.1, 0.15) is 30.5 Å². The van der Waals surface area contributed by atoms with Crippen molar-refractivity contribution in [2.75, 3.05) is 0 Å². The fourth-order valence-electron chi connectivity index (χ4n) is 6.59. The Morgan fingerprint density at radius 2 is 1.45 bits per heavy atom. The van der Waals surface area contributed by atoms with E-state index in [-0.39, 0.29) is 10.8 Å². The number of aromatic nitrogens is 1. The van der Waals surface area contributed by atoms with Crippen LogP contribution in [0.15, 0.2) is 106 Å². The maximum absolute atomic E-state index is 13.3. The Bertz CT molecular complexity index is 2190. The van der Waals surface area contributed by atoms with E-state index in [0.29, 0.717) is 21.9 Å². The number of hydrogen-bond donors (Lipinski definition) is 0. The van der Waals surface area contributed by atoms with E-state index in [1.807, 2.05) is 43.3 Å². The summed E-state index contributed by atoms with van der Waals surface area (Å²) in [5.41, 5.74) is 10.8. The van der Waals surface area contributed by atoms with E-state index in [2.05, 4.69) is 79.1 Å². The SMILES string of the molecule is Cc1cccc2c(=O)c3ccc(-n4c5ccccc5c5cc6c(cc54)C(C)(C)c4ccccc4-6)cc3oc12. The third kappa shape index (κ3) is 2.66. The highest BCUT2D eigenvalue weighted by atomic mass is 16.3. The zero-order valence-electron chi connectivity index (χ0n) is 21.5. The molecule has 1 aliphatic rings. The third-order valence-electron chi connectivity index (χ3n) is 8.51.